The van der Waals surface area contributed by atoms with Crippen molar-refractivity contribution in [2.75, 3.05) is 6.61 Å². The van der Waals surface area contributed by atoms with E-state index in [1.54, 1.807) is 13.0 Å². The maximum absolute atomic E-state index is 11.3. The summed E-state index contributed by atoms with van der Waals surface area (Å²) in [5.41, 5.74) is -0.294. The van der Waals surface area contributed by atoms with E-state index in [1.807, 2.05) is 13.8 Å². The molecule has 1 aliphatic carbocycles. The van der Waals surface area contributed by atoms with Crippen molar-refractivity contribution >= 4 is 27.9 Å². The lowest BCUT2D eigenvalue weighted by molar-refractivity contribution is -0.140. The van der Waals surface area contributed by atoms with Gasteiger partial charge in [-0.3, -0.25) is 4.79 Å². The lowest BCUT2D eigenvalue weighted by atomic mass is 10.1. The maximum atomic E-state index is 11.3. The third kappa shape index (κ3) is 2.45. The molecule has 0 aromatic rings. The van der Waals surface area contributed by atoms with Crippen molar-refractivity contribution in [1.29, 1.82) is 0 Å². The Morgan fingerprint density at radius 1 is 1.50 bits per heavy atom. The summed E-state index contributed by atoms with van der Waals surface area (Å²) < 4.78 is 5.10. The Balaban J connectivity index is 2.72. The summed E-state index contributed by atoms with van der Waals surface area (Å²) in [6, 6.07) is 0. The van der Waals surface area contributed by atoms with Crippen LogP contribution in [0.4, 0.5) is 0 Å². The average Bonchev–Trinajstić information content (AvgIpc) is 2.68. The molecule has 2 atom stereocenters. The molecule has 1 aliphatic rings. The second-order valence-electron chi connectivity index (χ2n) is 4.40. The molecule has 4 nitrogen and oxygen atoms in total. The smallest absolute Gasteiger partial charge is 0.344 e. The molecule has 1 N–H and O–H groups in total. The predicted octanol–water partition coefficient (Wildman–Crippen LogP) is 2.19. The van der Waals surface area contributed by atoms with Gasteiger partial charge in [0.2, 0.25) is 0 Å². The third-order valence-electron chi connectivity index (χ3n) is 2.97. The molecule has 0 heterocycles. The van der Waals surface area contributed by atoms with E-state index in [0.717, 1.165) is 0 Å². The fraction of sp³-hybridized carbons (Fsp3) is 0.636. The number of esters is 1. The van der Waals surface area contributed by atoms with Crippen LogP contribution in [0.3, 0.4) is 0 Å². The molecular formula is C11H15BrO4. The van der Waals surface area contributed by atoms with Crippen LogP contribution in [0.15, 0.2) is 10.6 Å². The number of aliphatic carboxylic acids is 1. The highest BCUT2D eigenvalue weighted by molar-refractivity contribution is 9.12. The minimum Gasteiger partial charge on any atom is -0.481 e. The van der Waals surface area contributed by atoms with Gasteiger partial charge in [0.15, 0.2) is 0 Å². The zero-order chi connectivity index (χ0) is 12.5. The van der Waals surface area contributed by atoms with Crippen molar-refractivity contribution in [2.24, 2.45) is 17.3 Å². The van der Waals surface area contributed by atoms with E-state index in [1.165, 1.54) is 0 Å². The number of carbonyl (C=O) groups excluding carboxylic acids is 1. The van der Waals surface area contributed by atoms with Crippen molar-refractivity contribution in [1.82, 2.24) is 0 Å². The highest BCUT2D eigenvalue weighted by Crippen LogP contribution is 2.59. The van der Waals surface area contributed by atoms with Gasteiger partial charge in [-0.1, -0.05) is 19.9 Å². The molecule has 0 unspecified atom stereocenters. The number of carbonyl (C=O) groups is 2. The van der Waals surface area contributed by atoms with Crippen LogP contribution in [0.5, 0.6) is 0 Å². The van der Waals surface area contributed by atoms with E-state index in [-0.39, 0.29) is 11.3 Å². The van der Waals surface area contributed by atoms with E-state index in [2.05, 4.69) is 15.9 Å². The fourth-order valence-corrected chi connectivity index (χ4v) is 2.29. The first kappa shape index (κ1) is 13.2. The van der Waals surface area contributed by atoms with Gasteiger partial charge in [0.05, 0.1) is 17.0 Å². The third-order valence-corrected chi connectivity index (χ3v) is 3.56. The van der Waals surface area contributed by atoms with Gasteiger partial charge in [0.25, 0.3) is 0 Å². The molecule has 16 heavy (non-hydrogen) atoms. The molecule has 0 saturated heterocycles. The van der Waals surface area contributed by atoms with Gasteiger partial charge in [-0.05, 0) is 34.2 Å². The van der Waals surface area contributed by atoms with Crippen LogP contribution in [0, 0.1) is 17.3 Å². The number of halogens is 1. The number of hydrogen-bond acceptors (Lipinski definition) is 3. The first-order valence-electron chi connectivity index (χ1n) is 5.09. The topological polar surface area (TPSA) is 63.6 Å². The summed E-state index contributed by atoms with van der Waals surface area (Å²) >= 11 is 3.11. The summed E-state index contributed by atoms with van der Waals surface area (Å²) in [7, 11) is 0. The molecule has 1 rings (SSSR count). The van der Waals surface area contributed by atoms with E-state index in [0.29, 0.717) is 11.1 Å². The first-order chi connectivity index (χ1) is 7.32. The van der Waals surface area contributed by atoms with Crippen molar-refractivity contribution < 1.29 is 19.4 Å². The van der Waals surface area contributed by atoms with Crippen molar-refractivity contribution in [3.63, 3.8) is 0 Å². The minimum absolute atomic E-state index is 0.121. The molecule has 1 fully saturated rings. The fourth-order valence-electron chi connectivity index (χ4n) is 1.89. The van der Waals surface area contributed by atoms with Gasteiger partial charge >= 0.3 is 11.9 Å². The zero-order valence-electron chi connectivity index (χ0n) is 9.49. The Hall–Kier alpha value is -0.840. The van der Waals surface area contributed by atoms with Crippen LogP contribution in [0.2, 0.25) is 0 Å². The van der Waals surface area contributed by atoms with E-state index < -0.39 is 17.9 Å². The van der Waals surface area contributed by atoms with E-state index in [9.17, 15) is 9.59 Å². The first-order valence-corrected chi connectivity index (χ1v) is 5.89. The molecule has 90 valence electrons. The Kier molecular flexibility index (Phi) is 3.78. The number of allylic oxidation sites excluding steroid dienone is 1. The quantitative estimate of drug-likeness (QED) is 0.637. The van der Waals surface area contributed by atoms with Crippen molar-refractivity contribution in [3.8, 4) is 0 Å². The lowest BCUT2D eigenvalue weighted by Crippen LogP contribution is -2.04. The maximum Gasteiger partial charge on any atom is 0.344 e. The molecule has 0 radical (unpaired) electrons. The van der Waals surface area contributed by atoms with Gasteiger partial charge in [-0.15, -0.1) is 0 Å². The number of carboxylic acid groups (broad SMARTS) is 1. The second-order valence-corrected chi connectivity index (χ2v) is 5.25. The molecule has 0 aromatic heterocycles. The van der Waals surface area contributed by atoms with Gasteiger partial charge in [0, 0.05) is 0 Å². The number of hydrogen-bond donors (Lipinski definition) is 1. The molecule has 0 bridgehead atoms. The largest absolute Gasteiger partial charge is 0.481 e. The summed E-state index contributed by atoms with van der Waals surface area (Å²) in [4.78, 5) is 22.2. The predicted molar refractivity (Wildman–Crippen MR) is 62.0 cm³/mol. The van der Waals surface area contributed by atoms with Gasteiger partial charge in [-0.2, -0.15) is 0 Å². The Bertz CT molecular complexity index is 346. The molecular weight excluding hydrogens is 276 g/mol. The molecule has 0 aliphatic heterocycles. The number of ether oxygens (including phenoxy) is 1. The van der Waals surface area contributed by atoms with Crippen LogP contribution in [0.1, 0.15) is 20.8 Å². The van der Waals surface area contributed by atoms with Crippen molar-refractivity contribution in [2.45, 2.75) is 20.8 Å². The zero-order valence-corrected chi connectivity index (χ0v) is 11.1. The summed E-state index contributed by atoms with van der Waals surface area (Å²) in [5.74, 6) is -1.82. The number of rotatable bonds is 4. The standard InChI is InChI=1S/C11H15BrO4/c1-4-16-10(15)7(12)5-6-8(9(13)14)11(6,2)3/h5-6,8H,4H2,1-3H3,(H,13,14)/t6-,8+/m1/s1. The Morgan fingerprint density at radius 2 is 2.06 bits per heavy atom. The minimum atomic E-state index is -0.824. The van der Waals surface area contributed by atoms with Crippen LogP contribution in [0.25, 0.3) is 0 Å². The summed E-state index contributed by atoms with van der Waals surface area (Å²) in [6.07, 6.45) is 1.64. The summed E-state index contributed by atoms with van der Waals surface area (Å²) in [5, 5.41) is 8.95. The molecule has 1 saturated carbocycles. The Morgan fingerprint density at radius 3 is 2.44 bits per heavy atom. The normalized spacial score (nSPS) is 27.4. The SMILES string of the molecule is CCOC(=O)C(Br)=C[C@@H]1[C@@H](C(=O)O)C1(C)C. The van der Waals surface area contributed by atoms with E-state index in [4.69, 9.17) is 9.84 Å². The van der Waals surface area contributed by atoms with Crippen molar-refractivity contribution in [3.05, 3.63) is 10.6 Å². The van der Waals surface area contributed by atoms with Gasteiger partial charge in [0.1, 0.15) is 0 Å². The highest BCUT2D eigenvalue weighted by atomic mass is 79.9. The average molecular weight is 291 g/mol. The highest BCUT2D eigenvalue weighted by Gasteiger charge is 2.61. The van der Waals surface area contributed by atoms with Crippen LogP contribution in [-0.4, -0.2) is 23.7 Å². The Labute approximate surface area is 103 Å². The van der Waals surface area contributed by atoms with E-state index >= 15 is 0 Å². The molecule has 0 aromatic carbocycles. The van der Waals surface area contributed by atoms with Crippen LogP contribution < -0.4 is 0 Å². The molecule has 0 spiro atoms. The van der Waals surface area contributed by atoms with Crippen LogP contribution >= 0.6 is 15.9 Å². The lowest BCUT2D eigenvalue weighted by Gasteiger charge is -2.00. The second kappa shape index (κ2) is 4.57. The molecule has 0 amide bonds. The van der Waals surface area contributed by atoms with Gasteiger partial charge in [-0.25, -0.2) is 4.79 Å². The summed E-state index contributed by atoms with van der Waals surface area (Å²) in [6.45, 7) is 5.77. The van der Waals surface area contributed by atoms with Gasteiger partial charge < -0.3 is 9.84 Å². The van der Waals surface area contributed by atoms with Crippen LogP contribution in [-0.2, 0) is 14.3 Å². The number of carboxylic acids is 1. The molecule has 5 heteroatoms. The monoisotopic (exact) mass is 290 g/mol.